The molecule has 1 heterocycles. The zero-order valence-electron chi connectivity index (χ0n) is 9.31. The van der Waals surface area contributed by atoms with Crippen LogP contribution in [0.3, 0.4) is 0 Å². The van der Waals surface area contributed by atoms with Gasteiger partial charge in [0, 0.05) is 10.6 Å². The molecule has 90 valence electrons. The molecular weight excluding hydrogens is 242 g/mol. The molecule has 0 unspecified atom stereocenters. The molecule has 0 aliphatic heterocycles. The van der Waals surface area contributed by atoms with Crippen molar-refractivity contribution in [2.45, 2.75) is 25.1 Å². The van der Waals surface area contributed by atoms with E-state index in [-0.39, 0.29) is 18.6 Å². The predicted octanol–water partition coefficient (Wildman–Crippen LogP) is 1.87. The zero-order chi connectivity index (χ0) is 11.8. The van der Waals surface area contributed by atoms with Crippen LogP contribution in [0, 0.1) is 0 Å². The first-order chi connectivity index (χ1) is 7.76. The third-order valence-electron chi connectivity index (χ3n) is 2.14. The van der Waals surface area contributed by atoms with Gasteiger partial charge in [-0.15, -0.1) is 23.1 Å². The van der Waals surface area contributed by atoms with E-state index in [2.05, 4.69) is 11.4 Å². The van der Waals surface area contributed by atoms with E-state index >= 15 is 0 Å². The van der Waals surface area contributed by atoms with Gasteiger partial charge in [0.25, 0.3) is 0 Å². The van der Waals surface area contributed by atoms with Crippen molar-refractivity contribution in [1.82, 2.24) is 5.32 Å². The standard InChI is InChI=1S/C11H17NO2S2/c1-2-9(6-13)12-11(14)8-15-7-10-4-3-5-16-10/h3-5,9,13H,2,6-8H2,1H3,(H,12,14)/t9-/m0/s1. The number of hydrogen-bond donors (Lipinski definition) is 2. The molecule has 16 heavy (non-hydrogen) atoms. The van der Waals surface area contributed by atoms with Gasteiger partial charge in [-0.25, -0.2) is 0 Å². The Morgan fingerprint density at radius 3 is 3.06 bits per heavy atom. The number of nitrogens with one attached hydrogen (secondary N) is 1. The topological polar surface area (TPSA) is 49.3 Å². The van der Waals surface area contributed by atoms with Gasteiger partial charge in [0.2, 0.25) is 5.91 Å². The maximum absolute atomic E-state index is 11.5. The third kappa shape index (κ3) is 5.01. The molecule has 0 aliphatic carbocycles. The van der Waals surface area contributed by atoms with Crippen molar-refractivity contribution in [1.29, 1.82) is 0 Å². The number of rotatable bonds is 7. The van der Waals surface area contributed by atoms with Crippen LogP contribution in [0.15, 0.2) is 17.5 Å². The molecule has 3 nitrogen and oxygen atoms in total. The minimum atomic E-state index is -0.102. The van der Waals surface area contributed by atoms with E-state index in [0.29, 0.717) is 5.75 Å². The van der Waals surface area contributed by atoms with Crippen LogP contribution in [0.25, 0.3) is 0 Å². The summed E-state index contributed by atoms with van der Waals surface area (Å²) in [6.45, 7) is 1.96. The number of hydrogen-bond acceptors (Lipinski definition) is 4. The Balaban J connectivity index is 2.15. The zero-order valence-corrected chi connectivity index (χ0v) is 10.9. The summed E-state index contributed by atoms with van der Waals surface area (Å²) in [4.78, 5) is 12.7. The molecule has 0 spiro atoms. The number of carbonyl (C=O) groups is 1. The van der Waals surface area contributed by atoms with E-state index in [1.54, 1.807) is 23.1 Å². The summed E-state index contributed by atoms with van der Waals surface area (Å²) in [7, 11) is 0. The van der Waals surface area contributed by atoms with Gasteiger partial charge >= 0.3 is 0 Å². The van der Waals surface area contributed by atoms with E-state index in [1.807, 2.05) is 18.4 Å². The van der Waals surface area contributed by atoms with Crippen molar-refractivity contribution in [2.75, 3.05) is 12.4 Å². The second-order valence-corrected chi connectivity index (χ2v) is 5.45. The molecule has 1 aromatic rings. The molecule has 0 fully saturated rings. The maximum Gasteiger partial charge on any atom is 0.230 e. The lowest BCUT2D eigenvalue weighted by Crippen LogP contribution is -2.37. The lowest BCUT2D eigenvalue weighted by atomic mass is 10.2. The van der Waals surface area contributed by atoms with Crippen molar-refractivity contribution in [3.63, 3.8) is 0 Å². The van der Waals surface area contributed by atoms with Gasteiger partial charge in [0.1, 0.15) is 0 Å². The summed E-state index contributed by atoms with van der Waals surface area (Å²) < 4.78 is 0. The van der Waals surface area contributed by atoms with E-state index in [9.17, 15) is 4.79 Å². The SMILES string of the molecule is CC[C@@H](CO)NC(=O)CSCc1cccs1. The molecule has 0 saturated heterocycles. The molecule has 0 aromatic carbocycles. The summed E-state index contributed by atoms with van der Waals surface area (Å²) in [6, 6.07) is 3.98. The molecule has 1 rings (SSSR count). The van der Waals surface area contributed by atoms with E-state index < -0.39 is 0 Å². The van der Waals surface area contributed by atoms with Gasteiger partial charge in [-0.05, 0) is 17.9 Å². The quantitative estimate of drug-likeness (QED) is 0.786. The molecule has 0 bridgehead atoms. The van der Waals surface area contributed by atoms with Gasteiger partial charge in [-0.1, -0.05) is 13.0 Å². The maximum atomic E-state index is 11.5. The van der Waals surface area contributed by atoms with Crippen LogP contribution >= 0.6 is 23.1 Å². The lowest BCUT2D eigenvalue weighted by molar-refractivity contribution is -0.119. The Labute approximate surface area is 104 Å². The highest BCUT2D eigenvalue weighted by Gasteiger charge is 2.08. The van der Waals surface area contributed by atoms with Crippen molar-refractivity contribution >= 4 is 29.0 Å². The Morgan fingerprint density at radius 2 is 2.50 bits per heavy atom. The molecule has 2 N–H and O–H groups in total. The number of thioether (sulfide) groups is 1. The number of thiophene rings is 1. The summed E-state index contributed by atoms with van der Waals surface area (Å²) in [6.07, 6.45) is 0.762. The molecule has 0 aliphatic rings. The van der Waals surface area contributed by atoms with Crippen LogP contribution in [0.4, 0.5) is 0 Å². The van der Waals surface area contributed by atoms with Gasteiger partial charge in [-0.2, -0.15) is 0 Å². The Kier molecular flexibility index (Phi) is 6.52. The number of aliphatic hydroxyl groups is 1. The molecule has 1 atom stereocenters. The highest BCUT2D eigenvalue weighted by atomic mass is 32.2. The minimum absolute atomic E-state index is 0.00227. The molecule has 0 radical (unpaired) electrons. The van der Waals surface area contributed by atoms with E-state index in [0.717, 1.165) is 12.2 Å². The highest BCUT2D eigenvalue weighted by Crippen LogP contribution is 2.16. The van der Waals surface area contributed by atoms with E-state index in [4.69, 9.17) is 5.11 Å². The normalized spacial score (nSPS) is 12.4. The number of carbonyl (C=O) groups excluding carboxylic acids is 1. The predicted molar refractivity (Wildman–Crippen MR) is 69.8 cm³/mol. The Hall–Kier alpha value is -0.520. The van der Waals surface area contributed by atoms with Crippen LogP contribution in [-0.4, -0.2) is 29.4 Å². The van der Waals surface area contributed by atoms with Gasteiger partial charge < -0.3 is 10.4 Å². The van der Waals surface area contributed by atoms with Crippen LogP contribution < -0.4 is 5.32 Å². The van der Waals surface area contributed by atoms with Gasteiger partial charge in [-0.3, -0.25) is 4.79 Å². The Morgan fingerprint density at radius 1 is 1.69 bits per heavy atom. The van der Waals surface area contributed by atoms with Crippen molar-refractivity contribution in [2.24, 2.45) is 0 Å². The molecular formula is C11H17NO2S2. The highest BCUT2D eigenvalue weighted by molar-refractivity contribution is 7.99. The Bertz CT molecular complexity index is 297. The van der Waals surface area contributed by atoms with Crippen molar-refractivity contribution < 1.29 is 9.90 Å². The molecule has 1 amide bonds. The fourth-order valence-electron chi connectivity index (χ4n) is 1.19. The third-order valence-corrected chi connectivity index (χ3v) is 4.18. The number of amides is 1. The van der Waals surface area contributed by atoms with E-state index in [1.165, 1.54) is 4.88 Å². The number of aliphatic hydroxyl groups excluding tert-OH is 1. The minimum Gasteiger partial charge on any atom is -0.394 e. The lowest BCUT2D eigenvalue weighted by Gasteiger charge is -2.13. The largest absolute Gasteiger partial charge is 0.394 e. The summed E-state index contributed by atoms with van der Waals surface area (Å²) in [5, 5.41) is 13.8. The first-order valence-electron chi connectivity index (χ1n) is 5.26. The fraction of sp³-hybridized carbons (Fsp3) is 0.545. The smallest absolute Gasteiger partial charge is 0.230 e. The molecule has 5 heteroatoms. The molecule has 1 aromatic heterocycles. The summed E-state index contributed by atoms with van der Waals surface area (Å²) >= 11 is 3.30. The van der Waals surface area contributed by atoms with Crippen molar-refractivity contribution in [3.05, 3.63) is 22.4 Å². The second kappa shape index (κ2) is 7.70. The summed E-state index contributed by atoms with van der Waals surface area (Å²) in [5.74, 6) is 1.33. The average Bonchev–Trinajstić information content (AvgIpc) is 2.79. The van der Waals surface area contributed by atoms with Crippen LogP contribution in [-0.2, 0) is 10.5 Å². The van der Waals surface area contributed by atoms with Crippen molar-refractivity contribution in [3.8, 4) is 0 Å². The van der Waals surface area contributed by atoms with Crippen LogP contribution in [0.5, 0.6) is 0 Å². The molecule has 0 saturated carbocycles. The van der Waals surface area contributed by atoms with Gasteiger partial charge in [0.05, 0.1) is 18.4 Å². The second-order valence-electron chi connectivity index (χ2n) is 3.43. The first-order valence-corrected chi connectivity index (χ1v) is 7.30. The monoisotopic (exact) mass is 259 g/mol. The van der Waals surface area contributed by atoms with Gasteiger partial charge in [0.15, 0.2) is 0 Å². The van der Waals surface area contributed by atoms with Crippen LogP contribution in [0.2, 0.25) is 0 Å². The summed E-state index contributed by atoms with van der Waals surface area (Å²) in [5.41, 5.74) is 0. The average molecular weight is 259 g/mol. The van der Waals surface area contributed by atoms with Crippen LogP contribution in [0.1, 0.15) is 18.2 Å². The fourth-order valence-corrected chi connectivity index (χ4v) is 2.86. The first kappa shape index (κ1) is 13.5.